The number of carbonyl (C=O) groups excluding carboxylic acids is 1. The normalized spacial score (nSPS) is 10.7. The topological polar surface area (TPSA) is 30.0 Å². The minimum Gasteiger partial charge on any atom is -0.293 e. The summed E-state index contributed by atoms with van der Waals surface area (Å²) in [5.74, 6) is 0.512. The molecule has 0 atom stereocenters. The molecule has 0 saturated carbocycles. The molecule has 0 aliphatic rings. The minimum absolute atomic E-state index is 0.114. The van der Waals surface area contributed by atoms with Crippen LogP contribution in [0.4, 0.5) is 0 Å². The molecule has 3 rings (SSSR count). The second kappa shape index (κ2) is 7.75. The third kappa shape index (κ3) is 4.53. The lowest BCUT2D eigenvalue weighted by molar-refractivity contribution is 0.102. The Labute approximate surface area is 159 Å². The molecule has 0 saturated heterocycles. The summed E-state index contributed by atoms with van der Waals surface area (Å²) in [6, 6.07) is 15.5. The number of thiazole rings is 1. The van der Waals surface area contributed by atoms with Gasteiger partial charge in [0.2, 0.25) is 0 Å². The van der Waals surface area contributed by atoms with E-state index in [-0.39, 0.29) is 5.78 Å². The van der Waals surface area contributed by atoms with Crippen molar-refractivity contribution < 1.29 is 4.79 Å². The van der Waals surface area contributed by atoms with Crippen molar-refractivity contribution in [2.24, 2.45) is 0 Å². The highest BCUT2D eigenvalue weighted by atomic mass is 79.9. The fourth-order valence-electron chi connectivity index (χ4n) is 1.92. The van der Waals surface area contributed by atoms with Gasteiger partial charge in [-0.2, -0.15) is 0 Å². The van der Waals surface area contributed by atoms with Crippen LogP contribution in [0, 0.1) is 0 Å². The van der Waals surface area contributed by atoms with Crippen LogP contribution in [-0.2, 0) is 0 Å². The molecule has 2 nitrogen and oxygen atoms in total. The molecule has 0 unspecified atom stereocenters. The summed E-state index contributed by atoms with van der Waals surface area (Å²) >= 11 is 9.85. The number of rotatable bonds is 5. The molecule has 0 bridgehead atoms. The monoisotopic (exact) mass is 467 g/mol. The Morgan fingerprint density at radius 1 is 1.00 bits per heavy atom. The Morgan fingerprint density at radius 2 is 1.61 bits per heavy atom. The molecule has 3 aromatic rings. The summed E-state index contributed by atoms with van der Waals surface area (Å²) in [4.78, 5) is 16.8. The number of aromatic nitrogens is 1. The number of carbonyl (C=O) groups is 1. The van der Waals surface area contributed by atoms with Crippen LogP contribution in [0.5, 0.6) is 0 Å². The van der Waals surface area contributed by atoms with E-state index in [1.165, 1.54) is 11.8 Å². The first-order valence-corrected chi connectivity index (χ1v) is 10.2. The number of ketones is 1. The van der Waals surface area contributed by atoms with Crippen molar-refractivity contribution >= 4 is 60.7 Å². The highest BCUT2D eigenvalue weighted by molar-refractivity contribution is 9.10. The predicted molar refractivity (Wildman–Crippen MR) is 104 cm³/mol. The van der Waals surface area contributed by atoms with Crippen molar-refractivity contribution in [3.63, 3.8) is 0 Å². The van der Waals surface area contributed by atoms with Gasteiger partial charge in [0.05, 0.1) is 11.4 Å². The van der Waals surface area contributed by atoms with Crippen molar-refractivity contribution in [3.05, 3.63) is 68.4 Å². The van der Waals surface area contributed by atoms with Crippen molar-refractivity contribution in [1.82, 2.24) is 4.98 Å². The van der Waals surface area contributed by atoms with Crippen LogP contribution >= 0.6 is 55.0 Å². The lowest BCUT2D eigenvalue weighted by Crippen LogP contribution is -2.01. The first-order valence-electron chi connectivity index (χ1n) is 6.75. The molecule has 0 spiro atoms. The summed E-state index contributed by atoms with van der Waals surface area (Å²) in [5.41, 5.74) is 2.75. The van der Waals surface area contributed by atoms with Gasteiger partial charge in [0.1, 0.15) is 0 Å². The molecule has 0 aliphatic heterocycles. The van der Waals surface area contributed by atoms with E-state index < -0.39 is 0 Å². The summed E-state index contributed by atoms with van der Waals surface area (Å²) in [6.45, 7) is 0. The standard InChI is InChI=1S/C17H11Br2NOS2/c18-13-5-1-11(2-6-13)15-9-22-17(20-15)23-10-16(21)12-3-7-14(19)8-4-12/h1-9H,10H2. The smallest absolute Gasteiger partial charge is 0.173 e. The molecule has 0 fully saturated rings. The average Bonchev–Trinajstić information content (AvgIpc) is 3.03. The molecular formula is C17H11Br2NOS2. The molecule has 0 amide bonds. The Bertz CT molecular complexity index is 813. The molecule has 0 radical (unpaired) electrons. The maximum atomic E-state index is 12.2. The maximum absolute atomic E-state index is 12.2. The Balaban J connectivity index is 1.64. The van der Waals surface area contributed by atoms with Gasteiger partial charge >= 0.3 is 0 Å². The molecule has 0 aliphatic carbocycles. The first-order chi connectivity index (χ1) is 11.1. The van der Waals surface area contributed by atoms with E-state index in [9.17, 15) is 4.79 Å². The van der Waals surface area contributed by atoms with Crippen LogP contribution in [-0.4, -0.2) is 16.5 Å². The summed E-state index contributed by atoms with van der Waals surface area (Å²) in [5, 5.41) is 2.02. The lowest BCUT2D eigenvalue weighted by Gasteiger charge is -2.00. The van der Waals surface area contributed by atoms with Crippen LogP contribution in [0.25, 0.3) is 11.3 Å². The zero-order valence-electron chi connectivity index (χ0n) is 11.8. The first kappa shape index (κ1) is 16.9. The lowest BCUT2D eigenvalue weighted by atomic mass is 10.2. The number of halogens is 2. The van der Waals surface area contributed by atoms with E-state index in [4.69, 9.17) is 0 Å². The van der Waals surface area contributed by atoms with Gasteiger partial charge in [0.15, 0.2) is 10.1 Å². The van der Waals surface area contributed by atoms with E-state index in [1.54, 1.807) is 11.3 Å². The van der Waals surface area contributed by atoms with E-state index in [0.717, 1.165) is 30.1 Å². The van der Waals surface area contributed by atoms with Crippen LogP contribution in [0.2, 0.25) is 0 Å². The zero-order valence-corrected chi connectivity index (χ0v) is 16.6. The van der Waals surface area contributed by atoms with Gasteiger partial charge < -0.3 is 0 Å². The van der Waals surface area contributed by atoms with Gasteiger partial charge in [-0.25, -0.2) is 4.98 Å². The SMILES string of the molecule is O=C(CSc1nc(-c2ccc(Br)cc2)cs1)c1ccc(Br)cc1. The molecule has 116 valence electrons. The van der Waals surface area contributed by atoms with Crippen LogP contribution < -0.4 is 0 Å². The van der Waals surface area contributed by atoms with Crippen LogP contribution in [0.15, 0.2) is 67.2 Å². The Kier molecular flexibility index (Phi) is 5.69. The third-order valence-corrected chi connectivity index (χ3v) is 6.19. The van der Waals surface area contributed by atoms with E-state index in [0.29, 0.717) is 5.75 Å². The Morgan fingerprint density at radius 3 is 2.26 bits per heavy atom. The largest absolute Gasteiger partial charge is 0.293 e. The van der Waals surface area contributed by atoms with Crippen LogP contribution in [0.1, 0.15) is 10.4 Å². The number of hydrogen-bond donors (Lipinski definition) is 0. The summed E-state index contributed by atoms with van der Waals surface area (Å²) in [6.07, 6.45) is 0. The van der Waals surface area contributed by atoms with Gasteiger partial charge in [0.25, 0.3) is 0 Å². The predicted octanol–water partition coefficient (Wildman–Crippen LogP) is 6.31. The Hall–Kier alpha value is -0.950. The van der Waals surface area contributed by atoms with E-state index >= 15 is 0 Å². The van der Waals surface area contributed by atoms with E-state index in [2.05, 4.69) is 36.8 Å². The molecule has 6 heteroatoms. The van der Waals surface area contributed by atoms with Crippen molar-refractivity contribution in [1.29, 1.82) is 0 Å². The minimum atomic E-state index is 0.114. The average molecular weight is 469 g/mol. The third-order valence-electron chi connectivity index (χ3n) is 3.12. The van der Waals surface area contributed by atoms with Crippen molar-refractivity contribution in [2.75, 3.05) is 5.75 Å². The number of nitrogens with zero attached hydrogens (tertiary/aromatic N) is 1. The second-order valence-electron chi connectivity index (χ2n) is 4.72. The highest BCUT2D eigenvalue weighted by Crippen LogP contribution is 2.29. The van der Waals surface area contributed by atoms with Gasteiger partial charge in [-0.05, 0) is 24.3 Å². The summed E-state index contributed by atoms with van der Waals surface area (Å²) in [7, 11) is 0. The van der Waals surface area contributed by atoms with Gasteiger partial charge in [-0.15, -0.1) is 11.3 Å². The maximum Gasteiger partial charge on any atom is 0.173 e. The molecule has 0 N–H and O–H groups in total. The van der Waals surface area contributed by atoms with Gasteiger partial charge in [-0.3, -0.25) is 4.79 Å². The molecule has 1 heterocycles. The van der Waals surface area contributed by atoms with Gasteiger partial charge in [-0.1, -0.05) is 67.9 Å². The number of Topliss-reactive ketones (excluding diaryl/α,β-unsaturated/α-hetero) is 1. The van der Waals surface area contributed by atoms with E-state index in [1.807, 2.05) is 53.9 Å². The number of hydrogen-bond acceptors (Lipinski definition) is 4. The molecular weight excluding hydrogens is 458 g/mol. The second-order valence-corrected chi connectivity index (χ2v) is 8.64. The fraction of sp³-hybridized carbons (Fsp3) is 0.0588. The van der Waals surface area contributed by atoms with Gasteiger partial charge in [0, 0.05) is 25.5 Å². The molecule has 2 aromatic carbocycles. The molecule has 23 heavy (non-hydrogen) atoms. The number of benzene rings is 2. The van der Waals surface area contributed by atoms with Crippen molar-refractivity contribution in [2.45, 2.75) is 4.34 Å². The van der Waals surface area contributed by atoms with Crippen molar-refractivity contribution in [3.8, 4) is 11.3 Å². The highest BCUT2D eigenvalue weighted by Gasteiger charge is 2.10. The summed E-state index contributed by atoms with van der Waals surface area (Å²) < 4.78 is 2.93. The van der Waals surface area contributed by atoms with Crippen LogP contribution in [0.3, 0.4) is 0 Å². The zero-order chi connectivity index (χ0) is 16.2. The fourth-order valence-corrected chi connectivity index (χ4v) is 4.18. The number of thioether (sulfide) groups is 1. The quantitative estimate of drug-likeness (QED) is 0.324. The molecule has 1 aromatic heterocycles.